The van der Waals surface area contributed by atoms with Crippen molar-refractivity contribution in [1.29, 1.82) is 0 Å². The fourth-order valence-corrected chi connectivity index (χ4v) is 3.39. The van der Waals surface area contributed by atoms with Crippen molar-refractivity contribution in [3.05, 3.63) is 28.9 Å². The Morgan fingerprint density at radius 1 is 1.40 bits per heavy atom. The van der Waals surface area contributed by atoms with Crippen molar-refractivity contribution >= 4 is 28.4 Å². The third-order valence-electron chi connectivity index (χ3n) is 3.86. The van der Waals surface area contributed by atoms with Gasteiger partial charge in [-0.2, -0.15) is 0 Å². The van der Waals surface area contributed by atoms with E-state index in [1.165, 1.54) is 5.57 Å². The summed E-state index contributed by atoms with van der Waals surface area (Å²) in [4.78, 5) is 19.0. The van der Waals surface area contributed by atoms with Gasteiger partial charge in [-0.3, -0.25) is 9.20 Å². The highest BCUT2D eigenvalue weighted by Gasteiger charge is 2.24. The molecule has 0 spiro atoms. The number of fused-ring (bicyclic) bond motifs is 1. The molecule has 0 saturated carbocycles. The number of imidazole rings is 1. The van der Waals surface area contributed by atoms with E-state index in [9.17, 15) is 4.79 Å². The van der Waals surface area contributed by atoms with Crippen molar-refractivity contribution < 1.29 is 4.79 Å². The van der Waals surface area contributed by atoms with Crippen molar-refractivity contribution in [2.24, 2.45) is 5.41 Å². The molecule has 0 amide bonds. The third-order valence-corrected chi connectivity index (χ3v) is 4.62. The fourth-order valence-electron chi connectivity index (χ4n) is 2.68. The van der Waals surface area contributed by atoms with Gasteiger partial charge in [0.25, 0.3) is 0 Å². The van der Waals surface area contributed by atoms with Crippen molar-refractivity contribution in [2.45, 2.75) is 27.2 Å². The van der Waals surface area contributed by atoms with E-state index in [1.807, 2.05) is 16.0 Å². The number of aldehydes is 1. The molecule has 106 valence electrons. The van der Waals surface area contributed by atoms with Gasteiger partial charge >= 0.3 is 0 Å². The minimum absolute atomic E-state index is 0.230. The molecule has 4 nitrogen and oxygen atoms in total. The van der Waals surface area contributed by atoms with Crippen molar-refractivity contribution in [3.8, 4) is 0 Å². The summed E-state index contributed by atoms with van der Waals surface area (Å²) in [7, 11) is 0. The molecule has 0 aromatic carbocycles. The highest BCUT2D eigenvalue weighted by molar-refractivity contribution is 7.15. The normalized spacial score (nSPS) is 16.6. The van der Waals surface area contributed by atoms with Gasteiger partial charge in [0.05, 0.1) is 0 Å². The summed E-state index contributed by atoms with van der Waals surface area (Å²) in [5, 5.41) is 1.95. The molecule has 0 aliphatic carbocycles. The summed E-state index contributed by atoms with van der Waals surface area (Å²) in [5.74, 6) is 0.816. The number of thiazole rings is 1. The second kappa shape index (κ2) is 4.74. The lowest BCUT2D eigenvalue weighted by molar-refractivity contribution is 0.111. The quantitative estimate of drug-likeness (QED) is 0.628. The first kappa shape index (κ1) is 13.4. The number of rotatable bonds is 2. The van der Waals surface area contributed by atoms with Gasteiger partial charge in [0, 0.05) is 24.7 Å². The molecule has 2 aromatic rings. The Labute approximate surface area is 122 Å². The van der Waals surface area contributed by atoms with Crippen LogP contribution in [0.2, 0.25) is 0 Å². The number of nitrogens with zero attached hydrogens (tertiary/aromatic N) is 3. The average molecular weight is 289 g/mol. The summed E-state index contributed by atoms with van der Waals surface area (Å²) in [6.07, 6.45) is 6.13. The smallest absolute Gasteiger partial charge is 0.196 e. The number of carbonyl (C=O) groups is 1. The Balaban J connectivity index is 1.92. The molecule has 0 unspecified atom stereocenters. The van der Waals surface area contributed by atoms with Gasteiger partial charge < -0.3 is 4.90 Å². The first-order valence-corrected chi connectivity index (χ1v) is 7.74. The van der Waals surface area contributed by atoms with Gasteiger partial charge in [-0.1, -0.05) is 32.4 Å². The van der Waals surface area contributed by atoms with Crippen LogP contribution in [-0.4, -0.2) is 28.8 Å². The molecule has 2 aromatic heterocycles. The lowest BCUT2D eigenvalue weighted by Gasteiger charge is -2.32. The molecule has 0 saturated heterocycles. The van der Waals surface area contributed by atoms with Gasteiger partial charge in [-0.25, -0.2) is 4.98 Å². The van der Waals surface area contributed by atoms with Crippen LogP contribution >= 0.6 is 11.3 Å². The first-order chi connectivity index (χ1) is 9.50. The zero-order chi connectivity index (χ0) is 14.3. The van der Waals surface area contributed by atoms with Gasteiger partial charge in [-0.15, -0.1) is 11.3 Å². The highest BCUT2D eigenvalue weighted by Crippen LogP contribution is 2.32. The molecular formula is C15H19N3OS. The maximum absolute atomic E-state index is 11.4. The molecule has 20 heavy (non-hydrogen) atoms. The Kier molecular flexibility index (Phi) is 3.17. The maximum Gasteiger partial charge on any atom is 0.196 e. The number of carbonyl (C=O) groups excluding carboxylic acids is 1. The molecule has 0 radical (unpaired) electrons. The summed E-state index contributed by atoms with van der Waals surface area (Å²) in [6, 6.07) is 0. The second-order valence-electron chi connectivity index (χ2n) is 6.17. The van der Waals surface area contributed by atoms with Crippen LogP contribution in [-0.2, 0) is 0 Å². The maximum atomic E-state index is 11.4. The van der Waals surface area contributed by atoms with Crippen LogP contribution in [0.4, 0.5) is 5.82 Å². The molecule has 3 rings (SSSR count). The molecule has 1 aliphatic rings. The Morgan fingerprint density at radius 3 is 2.80 bits per heavy atom. The van der Waals surface area contributed by atoms with Gasteiger partial charge in [0.1, 0.15) is 5.69 Å². The summed E-state index contributed by atoms with van der Waals surface area (Å²) < 4.78 is 1.87. The van der Waals surface area contributed by atoms with E-state index >= 15 is 0 Å². The molecule has 1 aliphatic heterocycles. The van der Waals surface area contributed by atoms with Gasteiger partial charge in [-0.05, 0) is 11.8 Å². The number of hydrogen-bond donors (Lipinski definition) is 0. The lowest BCUT2D eigenvalue weighted by Crippen LogP contribution is -2.32. The van der Waals surface area contributed by atoms with Crippen molar-refractivity contribution in [2.75, 3.05) is 18.0 Å². The van der Waals surface area contributed by atoms with E-state index in [0.717, 1.165) is 36.6 Å². The van der Waals surface area contributed by atoms with E-state index in [-0.39, 0.29) is 5.41 Å². The Hall–Kier alpha value is -1.62. The van der Waals surface area contributed by atoms with Crippen molar-refractivity contribution in [1.82, 2.24) is 9.38 Å². The third kappa shape index (κ3) is 2.16. The van der Waals surface area contributed by atoms with Gasteiger partial charge in [0.2, 0.25) is 0 Å². The summed E-state index contributed by atoms with van der Waals surface area (Å²) in [5.41, 5.74) is 2.38. The number of aromatic nitrogens is 2. The Morgan fingerprint density at radius 2 is 2.20 bits per heavy atom. The zero-order valence-corrected chi connectivity index (χ0v) is 12.9. The molecule has 0 bridgehead atoms. The predicted octanol–water partition coefficient (Wildman–Crippen LogP) is 3.39. The second-order valence-corrected chi connectivity index (χ2v) is 7.04. The average Bonchev–Trinajstić information content (AvgIpc) is 2.97. The van der Waals surface area contributed by atoms with E-state index < -0.39 is 0 Å². The number of anilines is 1. The van der Waals surface area contributed by atoms with Gasteiger partial charge in [0.15, 0.2) is 17.1 Å². The zero-order valence-electron chi connectivity index (χ0n) is 12.1. The summed E-state index contributed by atoms with van der Waals surface area (Å²) >= 11 is 1.56. The Bertz CT molecular complexity index is 675. The van der Waals surface area contributed by atoms with Crippen LogP contribution in [0.25, 0.3) is 4.96 Å². The highest BCUT2D eigenvalue weighted by atomic mass is 32.1. The minimum atomic E-state index is 0.230. The van der Waals surface area contributed by atoms with Crippen LogP contribution < -0.4 is 4.90 Å². The monoisotopic (exact) mass is 289 g/mol. The van der Waals surface area contributed by atoms with Crippen LogP contribution in [0.3, 0.4) is 0 Å². The van der Waals surface area contributed by atoms with E-state index in [0.29, 0.717) is 5.69 Å². The van der Waals surface area contributed by atoms with E-state index in [4.69, 9.17) is 0 Å². The largest absolute Gasteiger partial charge is 0.351 e. The molecule has 5 heteroatoms. The van der Waals surface area contributed by atoms with E-state index in [2.05, 4.69) is 36.7 Å². The summed E-state index contributed by atoms with van der Waals surface area (Å²) in [6.45, 7) is 8.50. The van der Waals surface area contributed by atoms with Crippen LogP contribution in [0.15, 0.2) is 23.2 Å². The van der Waals surface area contributed by atoms with Crippen LogP contribution in [0.5, 0.6) is 0 Å². The molecular weight excluding hydrogens is 270 g/mol. The predicted molar refractivity (Wildman–Crippen MR) is 82.8 cm³/mol. The minimum Gasteiger partial charge on any atom is -0.351 e. The van der Waals surface area contributed by atoms with Crippen LogP contribution in [0, 0.1) is 5.41 Å². The standard InChI is InChI=1S/C15H19N3OS/c1-15(2,3)11-4-6-17(7-5-11)13-12(10-19)18-8-9-20-14(18)16-13/h4,8-10H,5-7H2,1-3H3. The fraction of sp³-hybridized carbons (Fsp3) is 0.467. The molecule has 0 fully saturated rings. The molecule has 0 atom stereocenters. The molecule has 0 N–H and O–H groups in total. The molecule has 3 heterocycles. The number of hydrogen-bond acceptors (Lipinski definition) is 4. The van der Waals surface area contributed by atoms with Crippen LogP contribution in [0.1, 0.15) is 37.7 Å². The van der Waals surface area contributed by atoms with E-state index in [1.54, 1.807) is 11.3 Å². The first-order valence-electron chi connectivity index (χ1n) is 6.86. The van der Waals surface area contributed by atoms with Crippen molar-refractivity contribution in [3.63, 3.8) is 0 Å². The SMILES string of the molecule is CC(C)(C)C1=CCN(c2nc3sccn3c2C=O)CC1. The topological polar surface area (TPSA) is 37.6 Å². The lowest BCUT2D eigenvalue weighted by atomic mass is 9.83.